The molecule has 0 spiro atoms. The van der Waals surface area contributed by atoms with Crippen molar-refractivity contribution in [2.24, 2.45) is 0 Å². The Morgan fingerprint density at radius 3 is 2.31 bits per heavy atom. The molecule has 0 N–H and O–H groups in total. The van der Waals surface area contributed by atoms with Crippen LogP contribution in [0.4, 0.5) is 0 Å². The lowest BCUT2D eigenvalue weighted by Gasteiger charge is -2.21. The van der Waals surface area contributed by atoms with E-state index >= 15 is 0 Å². The fourth-order valence-corrected chi connectivity index (χ4v) is 1.95. The highest BCUT2D eigenvalue weighted by Gasteiger charge is 2.16. The van der Waals surface area contributed by atoms with Gasteiger partial charge in [-0.05, 0) is 37.5 Å². The topological polar surface area (TPSA) is 21.7 Å². The molecule has 3 nitrogen and oxygen atoms in total. The molecule has 1 unspecified atom stereocenters. The lowest BCUT2D eigenvalue weighted by atomic mass is 10.1. The Labute approximate surface area is 96.9 Å². The monoisotopic (exact) mass is 221 g/mol. The largest absolute Gasteiger partial charge is 0.497 e. The summed E-state index contributed by atoms with van der Waals surface area (Å²) < 4.78 is 5.13. The van der Waals surface area contributed by atoms with Crippen molar-refractivity contribution < 1.29 is 9.57 Å². The summed E-state index contributed by atoms with van der Waals surface area (Å²) in [6.45, 7) is 4.20. The maximum Gasteiger partial charge on any atom is 0.118 e. The van der Waals surface area contributed by atoms with Crippen LogP contribution < -0.4 is 4.74 Å². The first-order valence-electron chi connectivity index (χ1n) is 5.85. The van der Waals surface area contributed by atoms with Crippen LogP contribution in [0, 0.1) is 0 Å². The SMILES string of the molecule is COc1ccc(C(C)ON2CCCC2)cc1. The van der Waals surface area contributed by atoms with Crippen LogP contribution in [0.2, 0.25) is 0 Å². The van der Waals surface area contributed by atoms with Crippen LogP contribution in [-0.2, 0) is 4.84 Å². The molecule has 3 heteroatoms. The van der Waals surface area contributed by atoms with E-state index in [0.717, 1.165) is 18.8 Å². The van der Waals surface area contributed by atoms with E-state index in [1.54, 1.807) is 7.11 Å². The first-order chi connectivity index (χ1) is 7.79. The van der Waals surface area contributed by atoms with E-state index < -0.39 is 0 Å². The van der Waals surface area contributed by atoms with Crippen molar-refractivity contribution >= 4 is 0 Å². The van der Waals surface area contributed by atoms with E-state index in [4.69, 9.17) is 9.57 Å². The number of ether oxygens (including phenoxy) is 1. The summed E-state index contributed by atoms with van der Waals surface area (Å²) in [6.07, 6.45) is 2.61. The van der Waals surface area contributed by atoms with Crippen LogP contribution in [0.5, 0.6) is 5.75 Å². The molecule has 0 radical (unpaired) electrons. The van der Waals surface area contributed by atoms with E-state index in [0.29, 0.717) is 0 Å². The molecule has 0 saturated carbocycles. The minimum absolute atomic E-state index is 0.115. The van der Waals surface area contributed by atoms with Gasteiger partial charge in [-0.1, -0.05) is 12.1 Å². The highest BCUT2D eigenvalue weighted by atomic mass is 16.7. The van der Waals surface area contributed by atoms with Gasteiger partial charge in [-0.2, -0.15) is 5.06 Å². The van der Waals surface area contributed by atoms with Crippen molar-refractivity contribution in [1.29, 1.82) is 0 Å². The second kappa shape index (κ2) is 5.32. The molecule has 0 amide bonds. The van der Waals surface area contributed by atoms with Crippen LogP contribution in [-0.4, -0.2) is 25.3 Å². The molecule has 1 aliphatic heterocycles. The maximum absolute atomic E-state index is 5.86. The minimum atomic E-state index is 0.115. The van der Waals surface area contributed by atoms with E-state index in [9.17, 15) is 0 Å². The zero-order valence-electron chi connectivity index (χ0n) is 9.98. The Balaban J connectivity index is 1.94. The first kappa shape index (κ1) is 11.4. The summed E-state index contributed by atoms with van der Waals surface area (Å²) in [7, 11) is 1.68. The van der Waals surface area contributed by atoms with Crippen molar-refractivity contribution in [3.05, 3.63) is 29.8 Å². The quantitative estimate of drug-likeness (QED) is 0.780. The predicted molar refractivity (Wildman–Crippen MR) is 63.3 cm³/mol. The van der Waals surface area contributed by atoms with Crippen molar-refractivity contribution in [2.75, 3.05) is 20.2 Å². The van der Waals surface area contributed by atoms with E-state index in [1.165, 1.54) is 18.4 Å². The second-order valence-corrected chi connectivity index (χ2v) is 4.16. The third-order valence-electron chi connectivity index (χ3n) is 2.96. The molecule has 0 bridgehead atoms. The molecule has 16 heavy (non-hydrogen) atoms. The molecule has 1 aromatic rings. The molecule has 0 aromatic heterocycles. The summed E-state index contributed by atoms with van der Waals surface area (Å²) in [6, 6.07) is 8.05. The summed E-state index contributed by atoms with van der Waals surface area (Å²) >= 11 is 0. The number of hydrogen-bond donors (Lipinski definition) is 0. The zero-order chi connectivity index (χ0) is 11.4. The Morgan fingerprint density at radius 1 is 1.12 bits per heavy atom. The molecular weight excluding hydrogens is 202 g/mol. The normalized spacial score (nSPS) is 18.6. The average Bonchev–Trinajstić information content (AvgIpc) is 2.82. The van der Waals surface area contributed by atoms with Crippen LogP contribution in [0.25, 0.3) is 0 Å². The number of nitrogens with zero attached hydrogens (tertiary/aromatic N) is 1. The molecule has 1 heterocycles. The molecule has 88 valence electrons. The van der Waals surface area contributed by atoms with Crippen molar-refractivity contribution in [2.45, 2.75) is 25.9 Å². The fraction of sp³-hybridized carbons (Fsp3) is 0.538. The van der Waals surface area contributed by atoms with Crippen LogP contribution in [0.1, 0.15) is 31.4 Å². The lowest BCUT2D eigenvalue weighted by molar-refractivity contribution is -0.181. The molecular formula is C13H19NO2. The lowest BCUT2D eigenvalue weighted by Crippen LogP contribution is -2.21. The molecule has 1 saturated heterocycles. The summed E-state index contributed by atoms with van der Waals surface area (Å²) in [4.78, 5) is 5.86. The third-order valence-corrected chi connectivity index (χ3v) is 2.96. The smallest absolute Gasteiger partial charge is 0.118 e. The Hall–Kier alpha value is -1.06. The van der Waals surface area contributed by atoms with Gasteiger partial charge in [0.2, 0.25) is 0 Å². The Bertz CT molecular complexity index is 317. The molecule has 2 rings (SSSR count). The van der Waals surface area contributed by atoms with Crippen molar-refractivity contribution in [1.82, 2.24) is 5.06 Å². The van der Waals surface area contributed by atoms with Gasteiger partial charge in [0.05, 0.1) is 7.11 Å². The fourth-order valence-electron chi connectivity index (χ4n) is 1.95. The number of benzene rings is 1. The van der Waals surface area contributed by atoms with Gasteiger partial charge in [-0.3, -0.25) is 4.84 Å². The number of rotatable bonds is 4. The third kappa shape index (κ3) is 2.74. The second-order valence-electron chi connectivity index (χ2n) is 4.16. The van der Waals surface area contributed by atoms with Gasteiger partial charge in [0, 0.05) is 13.1 Å². The standard InChI is InChI=1S/C13H19NO2/c1-11(16-14-9-3-4-10-14)12-5-7-13(15-2)8-6-12/h5-8,11H,3-4,9-10H2,1-2H3. The van der Waals surface area contributed by atoms with Gasteiger partial charge in [0.15, 0.2) is 0 Å². The van der Waals surface area contributed by atoms with Crippen LogP contribution >= 0.6 is 0 Å². The highest BCUT2D eigenvalue weighted by molar-refractivity contribution is 5.28. The van der Waals surface area contributed by atoms with Gasteiger partial charge in [0.25, 0.3) is 0 Å². The summed E-state index contributed by atoms with van der Waals surface area (Å²) in [5.74, 6) is 0.886. The number of hydrogen-bond acceptors (Lipinski definition) is 3. The van der Waals surface area contributed by atoms with Gasteiger partial charge in [-0.15, -0.1) is 0 Å². The van der Waals surface area contributed by atoms with E-state index in [1.807, 2.05) is 12.1 Å². The summed E-state index contributed by atoms with van der Waals surface area (Å²) in [5, 5.41) is 2.06. The molecule has 1 fully saturated rings. The maximum atomic E-state index is 5.86. The predicted octanol–water partition coefficient (Wildman–Crippen LogP) is 2.78. The van der Waals surface area contributed by atoms with Crippen molar-refractivity contribution in [3.63, 3.8) is 0 Å². The first-order valence-corrected chi connectivity index (χ1v) is 5.85. The van der Waals surface area contributed by atoms with Crippen molar-refractivity contribution in [3.8, 4) is 5.75 Å². The summed E-state index contributed by atoms with van der Waals surface area (Å²) in [5.41, 5.74) is 1.19. The molecule has 1 aromatic carbocycles. The highest BCUT2D eigenvalue weighted by Crippen LogP contribution is 2.22. The Kier molecular flexibility index (Phi) is 3.80. The van der Waals surface area contributed by atoms with Crippen LogP contribution in [0.15, 0.2) is 24.3 Å². The minimum Gasteiger partial charge on any atom is -0.497 e. The average molecular weight is 221 g/mol. The van der Waals surface area contributed by atoms with Crippen LogP contribution in [0.3, 0.4) is 0 Å². The zero-order valence-corrected chi connectivity index (χ0v) is 9.98. The van der Waals surface area contributed by atoms with Gasteiger partial charge < -0.3 is 4.74 Å². The number of methoxy groups -OCH3 is 1. The van der Waals surface area contributed by atoms with Gasteiger partial charge in [0.1, 0.15) is 11.9 Å². The van der Waals surface area contributed by atoms with Gasteiger partial charge >= 0.3 is 0 Å². The molecule has 1 atom stereocenters. The van der Waals surface area contributed by atoms with E-state index in [-0.39, 0.29) is 6.10 Å². The molecule has 1 aliphatic rings. The van der Waals surface area contributed by atoms with E-state index in [2.05, 4.69) is 24.1 Å². The van der Waals surface area contributed by atoms with Gasteiger partial charge in [-0.25, -0.2) is 0 Å². The molecule has 0 aliphatic carbocycles. The Morgan fingerprint density at radius 2 is 1.75 bits per heavy atom. The number of hydroxylamine groups is 2.